The largest absolute Gasteiger partial charge is 0.341 e. The fourth-order valence-electron chi connectivity index (χ4n) is 3.91. The van der Waals surface area contributed by atoms with Gasteiger partial charge in [-0.05, 0) is 30.7 Å². The number of hydrogen-bond acceptors (Lipinski definition) is 1. The molecule has 2 aromatic carbocycles. The van der Waals surface area contributed by atoms with Crippen molar-refractivity contribution in [2.24, 2.45) is 0 Å². The van der Waals surface area contributed by atoms with Gasteiger partial charge in [-0.25, -0.2) is 0 Å². The van der Waals surface area contributed by atoms with E-state index in [0.717, 1.165) is 6.54 Å². The van der Waals surface area contributed by atoms with E-state index in [0.29, 0.717) is 0 Å². The second kappa shape index (κ2) is 15.2. The van der Waals surface area contributed by atoms with Crippen LogP contribution >= 0.6 is 0 Å². The average molecular weight is 380 g/mol. The van der Waals surface area contributed by atoms with Gasteiger partial charge >= 0.3 is 0 Å². The average Bonchev–Trinajstić information content (AvgIpc) is 2.75. The molecule has 28 heavy (non-hydrogen) atoms. The van der Waals surface area contributed by atoms with Crippen LogP contribution in [0.25, 0.3) is 0 Å². The van der Waals surface area contributed by atoms with E-state index in [1.54, 1.807) is 0 Å². The number of nitrogens with zero attached hydrogens (tertiary/aromatic N) is 1. The van der Waals surface area contributed by atoms with Crippen molar-refractivity contribution in [1.82, 2.24) is 0 Å². The van der Waals surface area contributed by atoms with Crippen molar-refractivity contribution in [2.45, 2.75) is 90.4 Å². The standard InChI is InChI=1S/C27H41N/c1-2-3-4-5-6-7-8-9-10-11-12-13-20-25-28(26-21-16-14-17-22-26)27-23-18-15-19-24-27/h14-19,21-24H,2-13,20,25H2,1H3. The quantitative estimate of drug-likeness (QED) is 0.263. The first-order valence-electron chi connectivity index (χ1n) is 11.8. The van der Waals surface area contributed by atoms with Gasteiger partial charge in [0.25, 0.3) is 0 Å². The Labute approximate surface area is 174 Å². The van der Waals surface area contributed by atoms with Crippen molar-refractivity contribution in [1.29, 1.82) is 0 Å². The lowest BCUT2D eigenvalue weighted by atomic mass is 10.0. The summed E-state index contributed by atoms with van der Waals surface area (Å²) in [6.07, 6.45) is 18.3. The van der Waals surface area contributed by atoms with Crippen LogP contribution in [0.5, 0.6) is 0 Å². The summed E-state index contributed by atoms with van der Waals surface area (Å²) in [7, 11) is 0. The van der Waals surface area contributed by atoms with Gasteiger partial charge in [-0.3, -0.25) is 0 Å². The van der Waals surface area contributed by atoms with Crippen molar-refractivity contribution < 1.29 is 0 Å². The summed E-state index contributed by atoms with van der Waals surface area (Å²) >= 11 is 0. The van der Waals surface area contributed by atoms with Crippen LogP contribution in [0.3, 0.4) is 0 Å². The van der Waals surface area contributed by atoms with Gasteiger partial charge in [-0.1, -0.05) is 120 Å². The normalized spacial score (nSPS) is 10.9. The monoisotopic (exact) mass is 379 g/mol. The van der Waals surface area contributed by atoms with E-state index in [-0.39, 0.29) is 0 Å². The Balaban J connectivity index is 1.56. The van der Waals surface area contributed by atoms with Crippen molar-refractivity contribution in [3.05, 3.63) is 60.7 Å². The third kappa shape index (κ3) is 9.44. The maximum Gasteiger partial charge on any atom is 0.0410 e. The number of rotatable bonds is 16. The molecule has 0 aliphatic carbocycles. The van der Waals surface area contributed by atoms with E-state index in [2.05, 4.69) is 72.5 Å². The van der Waals surface area contributed by atoms with Crippen LogP contribution in [0, 0.1) is 0 Å². The van der Waals surface area contributed by atoms with E-state index in [4.69, 9.17) is 0 Å². The Morgan fingerprint density at radius 3 is 1.21 bits per heavy atom. The maximum absolute atomic E-state index is 2.46. The van der Waals surface area contributed by atoms with E-state index in [1.807, 2.05) is 0 Å². The molecule has 0 unspecified atom stereocenters. The summed E-state index contributed by atoms with van der Waals surface area (Å²) in [6.45, 7) is 3.40. The predicted octanol–water partition coefficient (Wildman–Crippen LogP) is 8.92. The van der Waals surface area contributed by atoms with Gasteiger partial charge in [0, 0.05) is 17.9 Å². The number of unbranched alkanes of at least 4 members (excludes halogenated alkanes) is 12. The van der Waals surface area contributed by atoms with Gasteiger partial charge in [0.15, 0.2) is 0 Å². The van der Waals surface area contributed by atoms with E-state index in [1.165, 1.54) is 94.8 Å². The summed E-state index contributed by atoms with van der Waals surface area (Å²) < 4.78 is 0. The van der Waals surface area contributed by atoms with Crippen LogP contribution in [0.2, 0.25) is 0 Å². The van der Waals surface area contributed by atoms with Crippen molar-refractivity contribution >= 4 is 11.4 Å². The zero-order valence-corrected chi connectivity index (χ0v) is 18.1. The van der Waals surface area contributed by atoms with Crippen LogP contribution in [0.4, 0.5) is 11.4 Å². The molecule has 0 radical (unpaired) electrons. The Hall–Kier alpha value is -1.76. The Kier molecular flexibility index (Phi) is 12.2. The Bertz CT molecular complexity index is 538. The molecule has 0 saturated carbocycles. The minimum atomic E-state index is 1.10. The van der Waals surface area contributed by atoms with Crippen molar-refractivity contribution in [2.75, 3.05) is 11.4 Å². The molecule has 2 rings (SSSR count). The summed E-state index contributed by atoms with van der Waals surface area (Å²) in [5.41, 5.74) is 2.60. The molecule has 0 atom stereocenters. The zero-order chi connectivity index (χ0) is 19.7. The predicted molar refractivity (Wildman–Crippen MR) is 126 cm³/mol. The fraction of sp³-hybridized carbons (Fsp3) is 0.556. The zero-order valence-electron chi connectivity index (χ0n) is 18.1. The highest BCUT2D eigenvalue weighted by atomic mass is 15.1. The molecular weight excluding hydrogens is 338 g/mol. The molecule has 1 nitrogen and oxygen atoms in total. The van der Waals surface area contributed by atoms with Crippen LogP contribution in [0.1, 0.15) is 90.4 Å². The second-order valence-corrected chi connectivity index (χ2v) is 8.07. The molecule has 0 aliphatic rings. The lowest BCUT2D eigenvalue weighted by Crippen LogP contribution is -2.18. The first kappa shape index (κ1) is 22.5. The van der Waals surface area contributed by atoms with Crippen LogP contribution in [-0.2, 0) is 0 Å². The van der Waals surface area contributed by atoms with Gasteiger partial charge in [0.05, 0.1) is 0 Å². The summed E-state index contributed by atoms with van der Waals surface area (Å²) in [5.74, 6) is 0. The van der Waals surface area contributed by atoms with Gasteiger partial charge in [-0.15, -0.1) is 0 Å². The first-order valence-corrected chi connectivity index (χ1v) is 11.8. The van der Waals surface area contributed by atoms with E-state index in [9.17, 15) is 0 Å². The Morgan fingerprint density at radius 2 is 0.821 bits per heavy atom. The van der Waals surface area contributed by atoms with Crippen molar-refractivity contribution in [3.8, 4) is 0 Å². The molecule has 2 aromatic rings. The SMILES string of the molecule is CCCCCCCCCCCCCCCN(c1ccccc1)c1ccccc1. The molecule has 0 amide bonds. The van der Waals surface area contributed by atoms with Crippen LogP contribution < -0.4 is 4.90 Å². The number of hydrogen-bond donors (Lipinski definition) is 0. The number of benzene rings is 2. The highest BCUT2D eigenvalue weighted by Gasteiger charge is 2.07. The second-order valence-electron chi connectivity index (χ2n) is 8.07. The molecule has 0 aromatic heterocycles. The molecule has 0 saturated heterocycles. The lowest BCUT2D eigenvalue weighted by molar-refractivity contribution is 0.540. The molecule has 0 fully saturated rings. The van der Waals surface area contributed by atoms with Crippen LogP contribution in [-0.4, -0.2) is 6.54 Å². The molecule has 0 spiro atoms. The highest BCUT2D eigenvalue weighted by Crippen LogP contribution is 2.25. The topological polar surface area (TPSA) is 3.24 Å². The Morgan fingerprint density at radius 1 is 0.464 bits per heavy atom. The first-order chi connectivity index (χ1) is 13.9. The molecule has 0 heterocycles. The fourth-order valence-corrected chi connectivity index (χ4v) is 3.91. The summed E-state index contributed by atoms with van der Waals surface area (Å²) in [5, 5.41) is 0. The number of para-hydroxylation sites is 2. The van der Waals surface area contributed by atoms with Gasteiger partial charge in [0.1, 0.15) is 0 Å². The lowest BCUT2D eigenvalue weighted by Gasteiger charge is -2.25. The third-order valence-electron chi connectivity index (χ3n) is 5.62. The van der Waals surface area contributed by atoms with E-state index >= 15 is 0 Å². The maximum atomic E-state index is 2.46. The molecule has 0 aliphatic heterocycles. The molecular formula is C27H41N. The van der Waals surface area contributed by atoms with Crippen LogP contribution in [0.15, 0.2) is 60.7 Å². The minimum absolute atomic E-state index is 1.10. The molecule has 154 valence electrons. The number of anilines is 2. The molecule has 0 N–H and O–H groups in total. The minimum Gasteiger partial charge on any atom is -0.341 e. The van der Waals surface area contributed by atoms with E-state index < -0.39 is 0 Å². The molecule has 0 bridgehead atoms. The van der Waals surface area contributed by atoms with Crippen molar-refractivity contribution in [3.63, 3.8) is 0 Å². The summed E-state index contributed by atoms with van der Waals surface area (Å²) in [4.78, 5) is 2.46. The summed E-state index contributed by atoms with van der Waals surface area (Å²) in [6, 6.07) is 21.6. The van der Waals surface area contributed by atoms with Gasteiger partial charge < -0.3 is 4.90 Å². The smallest absolute Gasteiger partial charge is 0.0410 e. The molecule has 1 heteroatoms. The van der Waals surface area contributed by atoms with Gasteiger partial charge in [-0.2, -0.15) is 0 Å². The third-order valence-corrected chi connectivity index (χ3v) is 5.62. The van der Waals surface area contributed by atoms with Gasteiger partial charge in [0.2, 0.25) is 0 Å². The highest BCUT2D eigenvalue weighted by molar-refractivity contribution is 5.62.